The van der Waals surface area contributed by atoms with Crippen LogP contribution < -0.4 is 5.32 Å². The van der Waals surface area contributed by atoms with Crippen LogP contribution in [-0.4, -0.2) is 29.8 Å². The van der Waals surface area contributed by atoms with Gasteiger partial charge in [-0.2, -0.15) is 0 Å². The zero-order valence-electron chi connectivity index (χ0n) is 15.3. The number of nitrogens with one attached hydrogen (secondary N) is 1. The predicted octanol–water partition coefficient (Wildman–Crippen LogP) is 4.02. The third-order valence-corrected chi connectivity index (χ3v) is 4.94. The van der Waals surface area contributed by atoms with E-state index in [4.69, 9.17) is 0 Å². The van der Waals surface area contributed by atoms with Gasteiger partial charge >= 0.3 is 0 Å². The number of carbonyl (C=O) groups is 2. The molecule has 1 aliphatic rings. The first-order valence-corrected chi connectivity index (χ1v) is 9.34. The highest BCUT2D eigenvalue weighted by Gasteiger charge is 2.17. The minimum Gasteiger partial charge on any atom is -0.349 e. The molecular formula is C22H26N2O2. The first-order chi connectivity index (χ1) is 12.6. The Kier molecular flexibility index (Phi) is 6.05. The van der Waals surface area contributed by atoms with Crippen molar-refractivity contribution in [2.75, 3.05) is 7.05 Å². The fourth-order valence-corrected chi connectivity index (χ4v) is 3.43. The Balaban J connectivity index is 1.59. The van der Waals surface area contributed by atoms with E-state index >= 15 is 0 Å². The molecule has 0 aliphatic heterocycles. The lowest BCUT2D eigenvalue weighted by atomic mass is 9.95. The number of rotatable bonds is 5. The van der Waals surface area contributed by atoms with Crippen LogP contribution in [0.2, 0.25) is 0 Å². The molecular weight excluding hydrogens is 324 g/mol. The molecule has 136 valence electrons. The lowest BCUT2D eigenvalue weighted by molar-refractivity contribution is 0.0784. The first-order valence-electron chi connectivity index (χ1n) is 9.34. The summed E-state index contributed by atoms with van der Waals surface area (Å²) in [4.78, 5) is 26.6. The highest BCUT2D eigenvalue weighted by molar-refractivity contribution is 5.97. The van der Waals surface area contributed by atoms with E-state index in [1.54, 1.807) is 36.2 Å². The molecule has 3 rings (SSSR count). The number of hydrogen-bond acceptors (Lipinski definition) is 2. The molecule has 2 aromatic carbocycles. The number of benzene rings is 2. The van der Waals surface area contributed by atoms with Crippen LogP contribution in [-0.2, 0) is 6.54 Å². The summed E-state index contributed by atoms with van der Waals surface area (Å²) in [6.45, 7) is 0.559. The van der Waals surface area contributed by atoms with Crippen molar-refractivity contribution in [1.82, 2.24) is 10.2 Å². The summed E-state index contributed by atoms with van der Waals surface area (Å²) in [5.41, 5.74) is 2.29. The predicted molar refractivity (Wildman–Crippen MR) is 103 cm³/mol. The van der Waals surface area contributed by atoms with E-state index in [-0.39, 0.29) is 17.9 Å². The average Bonchev–Trinajstić information content (AvgIpc) is 2.69. The van der Waals surface area contributed by atoms with Gasteiger partial charge in [0.2, 0.25) is 0 Å². The van der Waals surface area contributed by atoms with Crippen LogP contribution in [0.25, 0.3) is 0 Å². The fraction of sp³-hybridized carbons (Fsp3) is 0.364. The molecule has 1 N–H and O–H groups in total. The Morgan fingerprint density at radius 2 is 1.54 bits per heavy atom. The molecule has 4 nitrogen and oxygen atoms in total. The summed E-state index contributed by atoms with van der Waals surface area (Å²) in [7, 11) is 1.79. The second-order valence-corrected chi connectivity index (χ2v) is 7.03. The van der Waals surface area contributed by atoms with Crippen molar-refractivity contribution < 1.29 is 9.59 Å². The van der Waals surface area contributed by atoms with Gasteiger partial charge in [-0.05, 0) is 42.7 Å². The summed E-state index contributed by atoms with van der Waals surface area (Å²) in [5.74, 6) is -0.0957. The second-order valence-electron chi connectivity index (χ2n) is 7.03. The van der Waals surface area contributed by atoms with Crippen molar-refractivity contribution in [2.24, 2.45) is 0 Å². The maximum absolute atomic E-state index is 12.6. The normalized spacial score (nSPS) is 14.7. The van der Waals surface area contributed by atoms with Gasteiger partial charge in [0.15, 0.2) is 0 Å². The summed E-state index contributed by atoms with van der Waals surface area (Å²) in [6, 6.07) is 17.1. The Bertz CT molecular complexity index is 734. The van der Waals surface area contributed by atoms with Gasteiger partial charge in [-0.25, -0.2) is 0 Å². The molecule has 0 saturated heterocycles. The van der Waals surface area contributed by atoms with Crippen LogP contribution in [0.15, 0.2) is 54.6 Å². The van der Waals surface area contributed by atoms with Crippen LogP contribution in [0.4, 0.5) is 0 Å². The third kappa shape index (κ3) is 4.72. The number of hydrogen-bond donors (Lipinski definition) is 1. The van der Waals surface area contributed by atoms with Crippen molar-refractivity contribution in [3.63, 3.8) is 0 Å². The van der Waals surface area contributed by atoms with Crippen LogP contribution in [0.5, 0.6) is 0 Å². The van der Waals surface area contributed by atoms with Gasteiger partial charge in [-0.3, -0.25) is 9.59 Å². The van der Waals surface area contributed by atoms with Gasteiger partial charge < -0.3 is 10.2 Å². The molecule has 0 spiro atoms. The lowest BCUT2D eigenvalue weighted by Crippen LogP contribution is -2.36. The maximum Gasteiger partial charge on any atom is 0.253 e. The van der Waals surface area contributed by atoms with Gasteiger partial charge in [0.1, 0.15) is 0 Å². The zero-order chi connectivity index (χ0) is 18.4. The van der Waals surface area contributed by atoms with E-state index in [9.17, 15) is 9.59 Å². The average molecular weight is 350 g/mol. The van der Waals surface area contributed by atoms with E-state index < -0.39 is 0 Å². The highest BCUT2D eigenvalue weighted by Crippen LogP contribution is 2.18. The number of carbonyl (C=O) groups excluding carboxylic acids is 2. The summed E-state index contributed by atoms with van der Waals surface area (Å²) < 4.78 is 0. The minimum absolute atomic E-state index is 0.0476. The second kappa shape index (κ2) is 8.65. The van der Waals surface area contributed by atoms with E-state index in [0.717, 1.165) is 18.4 Å². The van der Waals surface area contributed by atoms with Crippen LogP contribution >= 0.6 is 0 Å². The van der Waals surface area contributed by atoms with Gasteiger partial charge in [-0.15, -0.1) is 0 Å². The molecule has 0 atom stereocenters. The molecule has 1 saturated carbocycles. The molecule has 4 heteroatoms. The summed E-state index contributed by atoms with van der Waals surface area (Å²) >= 11 is 0. The third-order valence-electron chi connectivity index (χ3n) is 4.94. The standard InChI is InChI=1S/C22H26N2O2/c1-24(16-17-8-4-2-5-9-17)22(26)19-14-12-18(13-15-19)21(25)23-20-10-6-3-7-11-20/h2,4-5,8-9,12-15,20H,3,6-7,10-11,16H2,1H3,(H,23,25). The van der Waals surface area contributed by atoms with E-state index in [2.05, 4.69) is 5.32 Å². The first kappa shape index (κ1) is 18.2. The van der Waals surface area contributed by atoms with Crippen molar-refractivity contribution in [2.45, 2.75) is 44.7 Å². The number of amides is 2. The monoisotopic (exact) mass is 350 g/mol. The van der Waals surface area contributed by atoms with Crippen LogP contribution in [0.1, 0.15) is 58.4 Å². The smallest absolute Gasteiger partial charge is 0.253 e. The molecule has 0 aromatic heterocycles. The van der Waals surface area contributed by atoms with E-state index in [1.807, 2.05) is 30.3 Å². The fourth-order valence-electron chi connectivity index (χ4n) is 3.43. The highest BCUT2D eigenvalue weighted by atomic mass is 16.2. The lowest BCUT2D eigenvalue weighted by Gasteiger charge is -2.22. The molecule has 2 aromatic rings. The molecule has 1 fully saturated rings. The Labute approximate surface area is 155 Å². The van der Waals surface area contributed by atoms with Crippen molar-refractivity contribution >= 4 is 11.8 Å². The van der Waals surface area contributed by atoms with Crippen molar-refractivity contribution in [3.05, 3.63) is 71.3 Å². The summed E-state index contributed by atoms with van der Waals surface area (Å²) in [6.07, 6.45) is 5.76. The Morgan fingerprint density at radius 3 is 2.19 bits per heavy atom. The molecule has 0 bridgehead atoms. The largest absolute Gasteiger partial charge is 0.349 e. The quantitative estimate of drug-likeness (QED) is 0.885. The van der Waals surface area contributed by atoms with Gasteiger partial charge in [-0.1, -0.05) is 49.6 Å². The molecule has 0 radical (unpaired) electrons. The van der Waals surface area contributed by atoms with E-state index in [1.165, 1.54) is 19.3 Å². The molecule has 0 unspecified atom stereocenters. The summed E-state index contributed by atoms with van der Waals surface area (Å²) in [5, 5.41) is 3.10. The van der Waals surface area contributed by atoms with Gasteiger partial charge in [0.25, 0.3) is 11.8 Å². The molecule has 26 heavy (non-hydrogen) atoms. The Morgan fingerprint density at radius 1 is 0.923 bits per heavy atom. The Hall–Kier alpha value is -2.62. The minimum atomic E-state index is -0.0481. The molecule has 1 aliphatic carbocycles. The van der Waals surface area contributed by atoms with Crippen LogP contribution in [0.3, 0.4) is 0 Å². The maximum atomic E-state index is 12.6. The SMILES string of the molecule is CN(Cc1ccccc1)C(=O)c1ccc(C(=O)NC2CCCCC2)cc1. The zero-order valence-corrected chi connectivity index (χ0v) is 15.3. The van der Waals surface area contributed by atoms with Crippen molar-refractivity contribution in [1.29, 1.82) is 0 Å². The molecule has 0 heterocycles. The van der Waals surface area contributed by atoms with Gasteiger partial charge in [0, 0.05) is 30.8 Å². The van der Waals surface area contributed by atoms with Gasteiger partial charge in [0.05, 0.1) is 0 Å². The van der Waals surface area contributed by atoms with Crippen molar-refractivity contribution in [3.8, 4) is 0 Å². The van der Waals surface area contributed by atoms with Crippen LogP contribution in [0, 0.1) is 0 Å². The van der Waals surface area contributed by atoms with E-state index in [0.29, 0.717) is 17.7 Å². The number of nitrogens with zero attached hydrogens (tertiary/aromatic N) is 1. The molecule has 2 amide bonds. The topological polar surface area (TPSA) is 49.4 Å².